The van der Waals surface area contributed by atoms with Crippen LogP contribution in [0.2, 0.25) is 0 Å². The maximum atomic E-state index is 14.1. The Labute approximate surface area is 501 Å². The van der Waals surface area contributed by atoms with Gasteiger partial charge in [-0.1, -0.05) is 71.4 Å². The summed E-state index contributed by atoms with van der Waals surface area (Å²) >= 11 is 0. The van der Waals surface area contributed by atoms with Gasteiger partial charge in [-0.3, -0.25) is 38.4 Å². The first-order valence-corrected chi connectivity index (χ1v) is 29.5. The number of alkyl carbamates (subject to hydrolysis) is 1. The second-order valence-corrected chi connectivity index (χ2v) is 22.2. The predicted octanol–water partition coefficient (Wildman–Crippen LogP) is 3.52. The number of hydrogen-bond acceptors (Lipinski definition) is 25. The minimum Gasteiger partial charge on any atom is -0.466 e. The Bertz CT molecular complexity index is 2400. The number of benzene rings is 1. The number of nitrogens with one attached hydrogen (secondary N) is 3. The lowest BCUT2D eigenvalue weighted by molar-refractivity contribution is -0.318. The summed E-state index contributed by atoms with van der Waals surface area (Å²) in [5, 5.41) is 20.5. The number of rotatable bonds is 29. The normalized spacial score (nSPS) is 31.8. The number of esters is 7. The van der Waals surface area contributed by atoms with E-state index in [9.17, 15) is 48.3 Å². The molecule has 1 aromatic rings. The molecule has 1 aromatic carbocycles. The highest BCUT2D eigenvalue weighted by molar-refractivity contribution is 5.83. The van der Waals surface area contributed by atoms with E-state index < -0.39 is 176 Å². The molecule has 20 unspecified atom stereocenters. The largest absolute Gasteiger partial charge is 0.466 e. The summed E-state index contributed by atoms with van der Waals surface area (Å²) in [6.07, 6.45) is -18.6. The van der Waals surface area contributed by atoms with E-state index >= 15 is 0 Å². The third-order valence-corrected chi connectivity index (χ3v) is 15.0. The molecular formula is C59H89N3O24. The molecule has 1 aliphatic carbocycles. The minimum absolute atomic E-state index is 0.0294. The number of unbranched alkanes of at least 4 members (excludes halogenated alkanes) is 1. The van der Waals surface area contributed by atoms with Gasteiger partial charge in [-0.2, -0.15) is 0 Å². The first-order valence-electron chi connectivity index (χ1n) is 29.5. The van der Waals surface area contributed by atoms with Gasteiger partial charge in [0.05, 0.1) is 31.0 Å². The molecule has 3 aliphatic heterocycles. The molecule has 27 heteroatoms. The third-order valence-electron chi connectivity index (χ3n) is 15.0. The van der Waals surface area contributed by atoms with Gasteiger partial charge in [0.2, 0.25) is 0 Å². The summed E-state index contributed by atoms with van der Waals surface area (Å²) in [7, 11) is 0. The minimum atomic E-state index is -1.78. The first-order chi connectivity index (χ1) is 40.8. The highest BCUT2D eigenvalue weighted by Crippen LogP contribution is 2.41. The fourth-order valence-electron chi connectivity index (χ4n) is 11.1. The molecule has 4 aliphatic rings. The van der Waals surface area contributed by atoms with Gasteiger partial charge in [0.1, 0.15) is 43.7 Å². The van der Waals surface area contributed by atoms with E-state index in [1.165, 1.54) is 6.92 Å². The van der Waals surface area contributed by atoms with Crippen molar-refractivity contribution in [3.8, 4) is 0 Å². The lowest BCUT2D eigenvalue weighted by atomic mass is 9.79. The quantitative estimate of drug-likeness (QED) is 0.0506. The molecule has 0 spiro atoms. The average Bonchev–Trinajstić information content (AvgIpc) is 2.95. The van der Waals surface area contributed by atoms with Gasteiger partial charge in [0.15, 0.2) is 49.4 Å². The standard InChI is InChI=1S/C59H89N3O24/c1-13-20-43(76-35(8)65)55(71)61-41-26-30(3)48(84-56-32(5)47(70)31(4)42(81-56)23-18-19-25-73-33(6)63)53(49(41)77-36(9)66)86-58-54(80-39(12)69)51(45(83-58)29-74-34(7)64)85-57-46(62-59(72)75-28-40-21-16-15-17-22-40)52(79-38(11)68)50(78-37(10)67)44(82-57)27-60-24-14-2/h15-17,21-22,30-32,41-54,56-58,60,70H,13-14,18-20,23-29H2,1-12H3,(H,61,71)(H,62,72). The molecule has 3 saturated heterocycles. The van der Waals surface area contributed by atoms with Crippen LogP contribution in [0.25, 0.3) is 0 Å². The zero-order valence-corrected chi connectivity index (χ0v) is 51.3. The number of amides is 2. The lowest BCUT2D eigenvalue weighted by Crippen LogP contribution is -2.68. The second kappa shape index (κ2) is 34.5. The highest BCUT2D eigenvalue weighted by atomic mass is 16.8. The van der Waals surface area contributed by atoms with E-state index in [0.717, 1.165) is 41.5 Å². The lowest BCUT2D eigenvalue weighted by Gasteiger charge is -2.49. The first kappa shape index (κ1) is 70.7. The van der Waals surface area contributed by atoms with E-state index in [-0.39, 0.29) is 38.5 Å². The van der Waals surface area contributed by atoms with E-state index in [0.29, 0.717) is 44.2 Å². The van der Waals surface area contributed by atoms with Crippen LogP contribution in [0.3, 0.4) is 0 Å². The molecule has 1 saturated carbocycles. The molecule has 484 valence electrons. The van der Waals surface area contributed by atoms with Crippen LogP contribution in [0.15, 0.2) is 30.3 Å². The molecule has 0 bridgehead atoms. The van der Waals surface area contributed by atoms with Gasteiger partial charge >= 0.3 is 47.9 Å². The Morgan fingerprint density at radius 3 is 1.79 bits per heavy atom. The van der Waals surface area contributed by atoms with Crippen molar-refractivity contribution in [3.05, 3.63) is 35.9 Å². The zero-order valence-electron chi connectivity index (χ0n) is 51.3. The van der Waals surface area contributed by atoms with Gasteiger partial charge in [-0.05, 0) is 56.6 Å². The predicted molar refractivity (Wildman–Crippen MR) is 297 cm³/mol. The molecule has 4 N–H and O–H groups in total. The summed E-state index contributed by atoms with van der Waals surface area (Å²) in [4.78, 5) is 117. The maximum absolute atomic E-state index is 14.1. The van der Waals surface area contributed by atoms with Gasteiger partial charge in [0, 0.05) is 66.8 Å². The van der Waals surface area contributed by atoms with Crippen LogP contribution in [0, 0.1) is 17.8 Å². The smallest absolute Gasteiger partial charge is 0.407 e. The van der Waals surface area contributed by atoms with E-state index in [4.69, 9.17) is 66.3 Å². The number of hydrogen-bond donors (Lipinski definition) is 4. The number of aliphatic hydroxyl groups is 1. The van der Waals surface area contributed by atoms with Crippen LogP contribution in [0.4, 0.5) is 4.79 Å². The summed E-state index contributed by atoms with van der Waals surface area (Å²) in [5.41, 5.74) is 0.618. The highest BCUT2D eigenvalue weighted by Gasteiger charge is 2.59. The molecule has 0 radical (unpaired) electrons. The van der Waals surface area contributed by atoms with E-state index in [1.54, 1.807) is 51.1 Å². The van der Waals surface area contributed by atoms with Crippen molar-refractivity contribution >= 4 is 53.8 Å². The van der Waals surface area contributed by atoms with Gasteiger partial charge in [-0.25, -0.2) is 4.79 Å². The number of carbonyl (C=O) groups excluding carboxylic acids is 9. The summed E-state index contributed by atoms with van der Waals surface area (Å²) in [6, 6.07) is 6.02. The molecule has 4 fully saturated rings. The number of carbonyl (C=O) groups is 9. The maximum Gasteiger partial charge on any atom is 0.407 e. The average molecular weight is 1220 g/mol. The molecule has 5 rings (SSSR count). The third kappa shape index (κ3) is 21.1. The number of ether oxygens (including phenoxy) is 14. The number of aliphatic hydroxyl groups excluding tert-OH is 1. The van der Waals surface area contributed by atoms with Crippen LogP contribution in [-0.4, -0.2) is 189 Å². The van der Waals surface area contributed by atoms with Gasteiger partial charge < -0.3 is 87.4 Å². The van der Waals surface area contributed by atoms with Crippen LogP contribution in [-0.2, 0) is 111 Å². The van der Waals surface area contributed by atoms with Crippen molar-refractivity contribution in [2.45, 2.75) is 239 Å². The summed E-state index contributed by atoms with van der Waals surface area (Å²) in [5.74, 6) is -7.67. The summed E-state index contributed by atoms with van der Waals surface area (Å²) < 4.78 is 86.0. The van der Waals surface area contributed by atoms with Crippen molar-refractivity contribution in [2.24, 2.45) is 17.8 Å². The Morgan fingerprint density at radius 1 is 0.581 bits per heavy atom. The Morgan fingerprint density at radius 2 is 1.17 bits per heavy atom. The summed E-state index contributed by atoms with van der Waals surface area (Å²) in [6.45, 7) is 17.0. The zero-order chi connectivity index (χ0) is 63.4. The molecule has 86 heavy (non-hydrogen) atoms. The molecule has 2 amide bonds. The van der Waals surface area contributed by atoms with Crippen molar-refractivity contribution in [1.82, 2.24) is 16.0 Å². The van der Waals surface area contributed by atoms with Crippen LogP contribution < -0.4 is 16.0 Å². The van der Waals surface area contributed by atoms with E-state index in [1.807, 2.05) is 13.8 Å². The van der Waals surface area contributed by atoms with Crippen molar-refractivity contribution in [2.75, 3.05) is 26.3 Å². The van der Waals surface area contributed by atoms with Crippen molar-refractivity contribution in [1.29, 1.82) is 0 Å². The van der Waals surface area contributed by atoms with E-state index in [2.05, 4.69) is 16.0 Å². The fraction of sp³-hybridized carbons (Fsp3) is 0.746. The van der Waals surface area contributed by atoms with Crippen LogP contribution in [0.5, 0.6) is 0 Å². The molecule has 0 aromatic heterocycles. The van der Waals surface area contributed by atoms with Crippen LogP contribution in [0.1, 0.15) is 134 Å². The molecule has 27 nitrogen and oxygen atoms in total. The molecule has 20 atom stereocenters. The monoisotopic (exact) mass is 1220 g/mol. The van der Waals surface area contributed by atoms with Gasteiger partial charge in [0.25, 0.3) is 5.91 Å². The van der Waals surface area contributed by atoms with Crippen molar-refractivity contribution in [3.63, 3.8) is 0 Å². The van der Waals surface area contributed by atoms with Crippen LogP contribution >= 0.6 is 0 Å². The molecular weight excluding hydrogens is 1130 g/mol. The Balaban J connectivity index is 1.63. The SMILES string of the molecule is CCCNCC1OC(OC2C(COC(C)=O)OC(OC3C(OC4OC(CCCCOC(C)=O)C(C)C(O)C4C)C(C)CC(NC(=O)C(CCC)OC(C)=O)C3OC(C)=O)C2OC(C)=O)C(NC(=O)OCc2ccccc2)C(OC(C)=O)C1OC(C)=O. The topological polar surface area (TPSA) is 339 Å². The second-order valence-electron chi connectivity index (χ2n) is 22.2. The Kier molecular flexibility index (Phi) is 28.3. The fourth-order valence-corrected chi connectivity index (χ4v) is 11.1. The Hall–Kier alpha value is -6.07. The van der Waals surface area contributed by atoms with Gasteiger partial charge in [-0.15, -0.1) is 0 Å². The molecule has 3 heterocycles. The van der Waals surface area contributed by atoms with Crippen molar-refractivity contribution < 1.29 is 115 Å².